The molecular weight excluding hydrogens is 98.0 g/mol. The normalized spacial score (nSPS) is 18.6. The highest BCUT2D eigenvalue weighted by Gasteiger charge is 2.05. The van der Waals surface area contributed by atoms with E-state index in [0.29, 0.717) is 5.70 Å². The molecule has 0 aromatic rings. The Balaban J connectivity index is 2.57. The first-order valence-corrected chi connectivity index (χ1v) is 1.72. The largest absolute Gasteiger partial charge is 0.231 e. The zero-order chi connectivity index (χ0) is 5.11. The van der Waals surface area contributed by atoms with Gasteiger partial charge in [0.05, 0.1) is 0 Å². The quantitative estimate of drug-likeness (QED) is 0.319. The summed E-state index contributed by atoms with van der Waals surface area (Å²) in [4.78, 5) is 18.0. The van der Waals surface area contributed by atoms with Gasteiger partial charge in [0.1, 0.15) is 6.61 Å². The maximum absolute atomic E-state index is 9.62. The van der Waals surface area contributed by atoms with Crippen molar-refractivity contribution in [3.63, 3.8) is 0 Å². The third kappa shape index (κ3) is 0.778. The number of hydrogen-bond donors (Lipinski definition) is 1. The molecule has 38 valence electrons. The summed E-state index contributed by atoms with van der Waals surface area (Å²) >= 11 is 0. The van der Waals surface area contributed by atoms with Crippen LogP contribution in [0.15, 0.2) is 5.70 Å². The molecule has 0 saturated carbocycles. The standard InChI is InChI=1S/C3H3NO3/c5-1-3-2-6-7-4-3/h4H,2H2. The fraction of sp³-hybridized carbons (Fsp3) is 0.333. The average Bonchev–Trinajstić information content (AvgIpc) is 2.14. The number of nitrogens with one attached hydrogen (secondary N) is 1. The van der Waals surface area contributed by atoms with Crippen LogP contribution in [0.4, 0.5) is 0 Å². The van der Waals surface area contributed by atoms with Crippen molar-refractivity contribution in [1.29, 1.82) is 0 Å². The van der Waals surface area contributed by atoms with Crippen molar-refractivity contribution in [2.75, 3.05) is 6.61 Å². The van der Waals surface area contributed by atoms with E-state index in [2.05, 4.69) is 15.4 Å². The molecule has 0 aliphatic carbocycles. The van der Waals surface area contributed by atoms with Gasteiger partial charge < -0.3 is 0 Å². The monoisotopic (exact) mass is 101 g/mol. The molecule has 0 aromatic heterocycles. The third-order valence-electron chi connectivity index (χ3n) is 0.550. The molecule has 1 aliphatic rings. The van der Waals surface area contributed by atoms with Crippen LogP contribution in [0, 0.1) is 0 Å². The Morgan fingerprint density at radius 3 is 3.00 bits per heavy atom. The highest BCUT2D eigenvalue weighted by Crippen LogP contribution is 1.92. The van der Waals surface area contributed by atoms with Crippen molar-refractivity contribution in [3.8, 4) is 0 Å². The molecule has 0 amide bonds. The molecule has 1 rings (SSSR count). The second-order valence-corrected chi connectivity index (χ2v) is 1.03. The maximum Gasteiger partial charge on any atom is 0.153 e. The summed E-state index contributed by atoms with van der Waals surface area (Å²) in [6, 6.07) is 0. The van der Waals surface area contributed by atoms with Crippen molar-refractivity contribution < 1.29 is 14.7 Å². The molecule has 0 atom stereocenters. The minimum Gasteiger partial charge on any atom is -0.231 e. The molecule has 0 unspecified atom stereocenters. The smallest absolute Gasteiger partial charge is 0.153 e. The van der Waals surface area contributed by atoms with Gasteiger partial charge in [0.15, 0.2) is 11.6 Å². The summed E-state index contributed by atoms with van der Waals surface area (Å²) in [5, 5.41) is 0. The Labute approximate surface area is 39.6 Å². The minimum absolute atomic E-state index is 0.170. The first kappa shape index (κ1) is 4.33. The third-order valence-corrected chi connectivity index (χ3v) is 0.550. The molecule has 1 saturated heterocycles. The Bertz CT molecular complexity index is 107. The van der Waals surface area contributed by atoms with Gasteiger partial charge in [-0.1, -0.05) is 0 Å². The topological polar surface area (TPSA) is 47.6 Å². The van der Waals surface area contributed by atoms with E-state index in [0.717, 1.165) is 0 Å². The lowest BCUT2D eigenvalue weighted by atomic mass is 10.6. The minimum atomic E-state index is 0.170. The van der Waals surface area contributed by atoms with Crippen LogP contribution in [0.2, 0.25) is 0 Å². The molecule has 4 nitrogen and oxygen atoms in total. The molecule has 1 heterocycles. The molecule has 0 spiro atoms. The summed E-state index contributed by atoms with van der Waals surface area (Å²) < 4.78 is 0. The fourth-order valence-electron chi connectivity index (χ4n) is 0.248. The number of hydroxylamine groups is 1. The van der Waals surface area contributed by atoms with Crippen molar-refractivity contribution in [2.45, 2.75) is 0 Å². The predicted molar refractivity (Wildman–Crippen MR) is 19.4 cm³/mol. The molecule has 4 heteroatoms. The van der Waals surface area contributed by atoms with Crippen molar-refractivity contribution in [1.82, 2.24) is 5.48 Å². The van der Waals surface area contributed by atoms with E-state index < -0.39 is 0 Å². The Hall–Kier alpha value is -0.830. The lowest BCUT2D eigenvalue weighted by Crippen LogP contribution is -2.01. The number of rotatable bonds is 0. The molecular formula is C3H3NO3. The van der Waals surface area contributed by atoms with E-state index in [9.17, 15) is 4.79 Å². The fourth-order valence-corrected chi connectivity index (χ4v) is 0.248. The van der Waals surface area contributed by atoms with Crippen LogP contribution < -0.4 is 5.48 Å². The van der Waals surface area contributed by atoms with Gasteiger partial charge in [0, 0.05) is 0 Å². The van der Waals surface area contributed by atoms with Gasteiger partial charge in [-0.15, -0.1) is 4.99 Å². The van der Waals surface area contributed by atoms with E-state index in [1.165, 1.54) is 0 Å². The van der Waals surface area contributed by atoms with Crippen LogP contribution in [0.3, 0.4) is 0 Å². The van der Waals surface area contributed by atoms with Gasteiger partial charge >= 0.3 is 0 Å². The summed E-state index contributed by atoms with van der Waals surface area (Å²) in [7, 11) is 0. The van der Waals surface area contributed by atoms with Crippen LogP contribution in [0.1, 0.15) is 0 Å². The van der Waals surface area contributed by atoms with Gasteiger partial charge in [-0.2, -0.15) is 0 Å². The first-order chi connectivity index (χ1) is 3.43. The van der Waals surface area contributed by atoms with E-state index in [4.69, 9.17) is 0 Å². The summed E-state index contributed by atoms with van der Waals surface area (Å²) in [6.45, 7) is 0.170. The average molecular weight is 101 g/mol. The molecule has 1 fully saturated rings. The second-order valence-electron chi connectivity index (χ2n) is 1.03. The van der Waals surface area contributed by atoms with Gasteiger partial charge in [0.2, 0.25) is 0 Å². The van der Waals surface area contributed by atoms with E-state index in [1.54, 1.807) is 5.94 Å². The SMILES string of the molecule is O=C=C1COON1. The predicted octanol–water partition coefficient (Wildman–Crippen LogP) is -0.832. The molecule has 0 aromatic carbocycles. The Morgan fingerprint density at radius 1 is 1.86 bits per heavy atom. The van der Waals surface area contributed by atoms with E-state index in [-0.39, 0.29) is 6.61 Å². The summed E-state index contributed by atoms with van der Waals surface area (Å²) in [5.74, 6) is 1.57. The Kier molecular flexibility index (Phi) is 1.08. The molecule has 0 bridgehead atoms. The lowest BCUT2D eigenvalue weighted by molar-refractivity contribution is -0.285. The van der Waals surface area contributed by atoms with Gasteiger partial charge in [0.25, 0.3) is 0 Å². The van der Waals surface area contributed by atoms with Crippen LogP contribution in [-0.4, -0.2) is 12.5 Å². The van der Waals surface area contributed by atoms with Crippen LogP contribution in [0.25, 0.3) is 0 Å². The number of carbonyl (C=O) groups excluding carboxylic acids is 1. The summed E-state index contributed by atoms with van der Waals surface area (Å²) in [6.07, 6.45) is 0. The first-order valence-electron chi connectivity index (χ1n) is 1.72. The zero-order valence-corrected chi connectivity index (χ0v) is 3.43. The highest BCUT2D eigenvalue weighted by atomic mass is 17.3. The zero-order valence-electron chi connectivity index (χ0n) is 3.43. The van der Waals surface area contributed by atoms with Gasteiger partial charge in [-0.25, -0.2) is 15.2 Å². The number of hydrogen-bond acceptors (Lipinski definition) is 4. The van der Waals surface area contributed by atoms with Crippen molar-refractivity contribution in [3.05, 3.63) is 5.70 Å². The van der Waals surface area contributed by atoms with Crippen molar-refractivity contribution in [2.24, 2.45) is 0 Å². The Morgan fingerprint density at radius 2 is 2.71 bits per heavy atom. The van der Waals surface area contributed by atoms with Crippen LogP contribution >= 0.6 is 0 Å². The second kappa shape index (κ2) is 1.75. The molecule has 1 aliphatic heterocycles. The highest BCUT2D eigenvalue weighted by molar-refractivity contribution is 5.51. The van der Waals surface area contributed by atoms with Gasteiger partial charge in [-0.3, -0.25) is 0 Å². The lowest BCUT2D eigenvalue weighted by Gasteiger charge is -1.79. The van der Waals surface area contributed by atoms with Crippen molar-refractivity contribution >= 4 is 5.94 Å². The van der Waals surface area contributed by atoms with E-state index >= 15 is 0 Å². The maximum atomic E-state index is 9.62. The molecule has 7 heavy (non-hydrogen) atoms. The van der Waals surface area contributed by atoms with Crippen LogP contribution in [-0.2, 0) is 14.7 Å². The summed E-state index contributed by atoms with van der Waals surface area (Å²) in [5.41, 5.74) is 2.47. The van der Waals surface area contributed by atoms with E-state index in [1.807, 2.05) is 0 Å². The molecule has 1 N–H and O–H groups in total. The van der Waals surface area contributed by atoms with Crippen LogP contribution in [0.5, 0.6) is 0 Å². The molecule has 0 radical (unpaired) electrons. The van der Waals surface area contributed by atoms with Gasteiger partial charge in [-0.05, 0) is 0 Å².